The molecule has 2 nitrogen and oxygen atoms in total. The van der Waals surface area contributed by atoms with Gasteiger partial charge in [-0.25, -0.2) is 0 Å². The van der Waals surface area contributed by atoms with E-state index in [1.165, 1.54) is 107 Å². The summed E-state index contributed by atoms with van der Waals surface area (Å²) in [5.41, 5.74) is 14.2. The fraction of sp³-hybridized carbons (Fsp3) is 0.0159. The Balaban J connectivity index is 1.04. The molecule has 3 heterocycles. The molecule has 11 aromatic carbocycles. The molecule has 2 aromatic heterocycles. The van der Waals surface area contributed by atoms with Crippen molar-refractivity contribution in [2.45, 2.75) is 15.2 Å². The van der Waals surface area contributed by atoms with E-state index in [0.29, 0.717) is 0 Å². The summed E-state index contributed by atoms with van der Waals surface area (Å²) in [6, 6.07) is 86.7. The molecule has 1 spiro atoms. The zero-order valence-electron chi connectivity index (χ0n) is 36.2. The summed E-state index contributed by atoms with van der Waals surface area (Å²) in [7, 11) is 0. The van der Waals surface area contributed by atoms with Gasteiger partial charge >= 0.3 is 0 Å². The van der Waals surface area contributed by atoms with E-state index in [2.05, 4.69) is 240 Å². The molecule has 2 aliphatic rings. The van der Waals surface area contributed by atoms with Crippen molar-refractivity contribution < 1.29 is 0 Å². The molecule has 0 amide bonds. The summed E-state index contributed by atoms with van der Waals surface area (Å²) in [5.74, 6) is 0. The molecule has 13 aromatic rings. The molecule has 0 radical (unpaired) electrons. The largest absolute Gasteiger partial charge is 0.310 e. The fourth-order valence-corrected chi connectivity index (χ4v) is 14.2. The van der Waals surface area contributed by atoms with Crippen LogP contribution in [-0.2, 0) is 5.41 Å². The average Bonchev–Trinajstić information content (AvgIpc) is 3.93. The molecular weight excluding hydrogens is 849 g/mol. The molecule has 4 heteroatoms. The highest BCUT2D eigenvalue weighted by Crippen LogP contribution is 2.62. The topological polar surface area (TPSA) is 8.17 Å². The van der Waals surface area contributed by atoms with Gasteiger partial charge in [0.15, 0.2) is 0 Å². The number of hydrogen-bond acceptors (Lipinski definition) is 3. The summed E-state index contributed by atoms with van der Waals surface area (Å²) in [6.45, 7) is 0. The lowest BCUT2D eigenvalue weighted by Gasteiger charge is -2.46. The van der Waals surface area contributed by atoms with Crippen molar-refractivity contribution in [2.75, 3.05) is 4.90 Å². The number of para-hydroxylation sites is 1. The van der Waals surface area contributed by atoms with Crippen molar-refractivity contribution in [2.24, 2.45) is 0 Å². The Morgan fingerprint density at radius 1 is 0.373 bits per heavy atom. The third-order valence-electron chi connectivity index (χ3n) is 14.6. The van der Waals surface area contributed by atoms with E-state index in [1.54, 1.807) is 0 Å². The molecule has 0 atom stereocenters. The smallest absolute Gasteiger partial charge is 0.0736 e. The van der Waals surface area contributed by atoms with Crippen molar-refractivity contribution in [3.05, 3.63) is 253 Å². The van der Waals surface area contributed by atoms with Crippen LogP contribution >= 0.6 is 23.1 Å². The van der Waals surface area contributed by atoms with Crippen LogP contribution in [0.3, 0.4) is 0 Å². The van der Waals surface area contributed by atoms with Crippen LogP contribution in [0.15, 0.2) is 240 Å². The van der Waals surface area contributed by atoms with Crippen LogP contribution in [0.1, 0.15) is 22.3 Å². The van der Waals surface area contributed by atoms with E-state index < -0.39 is 5.41 Å². The highest BCUT2D eigenvalue weighted by molar-refractivity contribution is 7.99. The minimum Gasteiger partial charge on any atom is -0.310 e. The number of fused-ring (bicyclic) bond motifs is 15. The molecule has 1 aliphatic carbocycles. The Kier molecular flexibility index (Phi) is 7.84. The minimum atomic E-state index is -0.567. The first-order valence-corrected chi connectivity index (χ1v) is 24.6. The Hall–Kier alpha value is -7.89. The second-order valence-electron chi connectivity index (χ2n) is 17.9. The van der Waals surface area contributed by atoms with Gasteiger partial charge in [-0.15, -0.1) is 11.3 Å². The predicted octanol–water partition coefficient (Wildman–Crippen LogP) is 17.8. The number of thiophene rings is 1. The standard InChI is InChI=1S/C63H38N2S2/c1-2-18-44-39(14-1)15-13-26-55(44)64(43-31-34-47-46-19-3-7-25-56(46)65(57(47)38-43)41-32-35-59-50(36-41)48-20-4-8-27-58(48)66-59)42-30-33-45-49-21-11-16-40-17-12-24-53(62(40)49)63(54(45)37-42)51-22-5-9-28-60(51)67-61-29-10-6-23-52(61)63/h1-38H. The van der Waals surface area contributed by atoms with Gasteiger partial charge < -0.3 is 9.47 Å². The maximum Gasteiger partial charge on any atom is 0.0736 e. The molecule has 0 fully saturated rings. The van der Waals surface area contributed by atoms with Crippen molar-refractivity contribution in [1.82, 2.24) is 4.57 Å². The van der Waals surface area contributed by atoms with Crippen LogP contribution < -0.4 is 4.90 Å². The van der Waals surface area contributed by atoms with Gasteiger partial charge in [0.2, 0.25) is 0 Å². The lowest BCUT2D eigenvalue weighted by atomic mass is 9.59. The van der Waals surface area contributed by atoms with E-state index in [4.69, 9.17) is 0 Å². The first kappa shape index (κ1) is 37.3. The van der Waals surface area contributed by atoms with Crippen LogP contribution in [0.25, 0.3) is 80.3 Å². The number of nitrogens with zero attached hydrogens (tertiary/aromatic N) is 2. The zero-order chi connectivity index (χ0) is 43.8. The molecule has 0 bridgehead atoms. The first-order chi connectivity index (χ1) is 33.2. The third-order valence-corrected chi connectivity index (χ3v) is 16.9. The molecule has 15 rings (SSSR count). The first-order valence-electron chi connectivity index (χ1n) is 23.0. The Labute approximate surface area is 395 Å². The zero-order valence-corrected chi connectivity index (χ0v) is 37.8. The van der Waals surface area contributed by atoms with Gasteiger partial charge in [-0.1, -0.05) is 169 Å². The second kappa shape index (κ2) is 14.1. The third kappa shape index (κ3) is 5.17. The van der Waals surface area contributed by atoms with Gasteiger partial charge in [-0.05, 0) is 122 Å². The molecule has 1 aliphatic heterocycles. The predicted molar refractivity (Wildman–Crippen MR) is 285 cm³/mol. The molecule has 0 unspecified atom stereocenters. The number of benzene rings is 11. The van der Waals surface area contributed by atoms with E-state index in [0.717, 1.165) is 22.7 Å². The number of rotatable bonds is 4. The van der Waals surface area contributed by atoms with Gasteiger partial charge in [0, 0.05) is 63.2 Å². The quantitative estimate of drug-likeness (QED) is 0.174. The number of aromatic nitrogens is 1. The summed E-state index contributed by atoms with van der Waals surface area (Å²) < 4.78 is 5.10. The van der Waals surface area contributed by atoms with E-state index in [9.17, 15) is 0 Å². The molecule has 0 N–H and O–H groups in total. The van der Waals surface area contributed by atoms with Crippen molar-refractivity contribution in [3.8, 4) is 16.8 Å². The summed E-state index contributed by atoms with van der Waals surface area (Å²) in [4.78, 5) is 5.11. The summed E-state index contributed by atoms with van der Waals surface area (Å²) in [5, 5.41) is 10.1. The average molecular weight is 887 g/mol. The van der Waals surface area contributed by atoms with Gasteiger partial charge in [0.05, 0.1) is 22.1 Å². The number of anilines is 3. The Morgan fingerprint density at radius 3 is 1.87 bits per heavy atom. The Morgan fingerprint density at radius 2 is 1.00 bits per heavy atom. The Bertz CT molecular complexity index is 4170. The van der Waals surface area contributed by atoms with E-state index in [1.807, 2.05) is 23.1 Å². The van der Waals surface area contributed by atoms with Crippen LogP contribution in [0.2, 0.25) is 0 Å². The van der Waals surface area contributed by atoms with Gasteiger partial charge in [-0.2, -0.15) is 0 Å². The summed E-state index contributed by atoms with van der Waals surface area (Å²) in [6.07, 6.45) is 0. The molecule has 67 heavy (non-hydrogen) atoms. The monoisotopic (exact) mass is 886 g/mol. The second-order valence-corrected chi connectivity index (χ2v) is 20.1. The molecule has 0 saturated carbocycles. The minimum absolute atomic E-state index is 0.567. The van der Waals surface area contributed by atoms with Crippen molar-refractivity contribution in [3.63, 3.8) is 0 Å². The lowest BCUT2D eigenvalue weighted by molar-refractivity contribution is 0.707. The van der Waals surface area contributed by atoms with E-state index >= 15 is 0 Å². The van der Waals surface area contributed by atoms with Crippen LogP contribution in [0.4, 0.5) is 17.1 Å². The normalized spacial score (nSPS) is 13.4. The highest BCUT2D eigenvalue weighted by Gasteiger charge is 2.48. The molecule has 312 valence electrons. The number of hydrogen-bond donors (Lipinski definition) is 0. The van der Waals surface area contributed by atoms with Crippen molar-refractivity contribution >= 4 is 104 Å². The van der Waals surface area contributed by atoms with Crippen LogP contribution in [0.5, 0.6) is 0 Å². The molecule has 0 saturated heterocycles. The van der Waals surface area contributed by atoms with Gasteiger partial charge in [0.1, 0.15) is 0 Å². The SMILES string of the molecule is c1ccc2c(c1)Sc1ccccc1C21c2cc(N(c3ccc4c5ccccc5n(-c5ccc6sc7ccccc7c6c5)c4c3)c3cccc4ccccc34)ccc2-c2cccc3cccc1c23. The highest BCUT2D eigenvalue weighted by atomic mass is 32.2. The lowest BCUT2D eigenvalue weighted by Crippen LogP contribution is -2.36. The van der Waals surface area contributed by atoms with Gasteiger partial charge in [0.25, 0.3) is 0 Å². The maximum absolute atomic E-state index is 2.53. The van der Waals surface area contributed by atoms with Crippen LogP contribution in [0, 0.1) is 0 Å². The van der Waals surface area contributed by atoms with E-state index in [-0.39, 0.29) is 0 Å². The van der Waals surface area contributed by atoms with Gasteiger partial charge in [-0.3, -0.25) is 0 Å². The summed E-state index contributed by atoms with van der Waals surface area (Å²) >= 11 is 3.76. The fourth-order valence-electron chi connectivity index (χ4n) is 11.9. The maximum atomic E-state index is 2.53. The van der Waals surface area contributed by atoms with Crippen molar-refractivity contribution in [1.29, 1.82) is 0 Å². The molecular formula is C63H38N2S2. The van der Waals surface area contributed by atoms with Crippen LogP contribution in [-0.4, -0.2) is 4.57 Å².